The fourth-order valence-corrected chi connectivity index (χ4v) is 5.41. The van der Waals surface area contributed by atoms with Crippen LogP contribution < -0.4 is 9.64 Å². The molecule has 5 rings (SSSR count). The number of para-hydroxylation sites is 2. The summed E-state index contributed by atoms with van der Waals surface area (Å²) in [7, 11) is 1.55. The molecule has 1 saturated heterocycles. The van der Waals surface area contributed by atoms with Crippen LogP contribution in [-0.4, -0.2) is 25.0 Å². The zero-order valence-electron chi connectivity index (χ0n) is 18.4. The quantitative estimate of drug-likeness (QED) is 0.466. The largest absolute Gasteiger partial charge is 0.496 e. The molecule has 2 aliphatic heterocycles. The van der Waals surface area contributed by atoms with Crippen molar-refractivity contribution < 1.29 is 9.53 Å². The highest BCUT2D eigenvalue weighted by Gasteiger charge is 2.63. The third-order valence-electron chi connectivity index (χ3n) is 6.79. The molecular weight excluding hydrogens is 446 g/mol. The molecule has 34 heavy (non-hydrogen) atoms. The smallest absolute Gasteiger partial charge is 0.185 e. The van der Waals surface area contributed by atoms with Gasteiger partial charge in [0.2, 0.25) is 0 Å². The number of halogens is 1. The van der Waals surface area contributed by atoms with Crippen LogP contribution >= 0.6 is 11.6 Å². The Balaban J connectivity index is 1.81. The van der Waals surface area contributed by atoms with Gasteiger partial charge in [0.25, 0.3) is 0 Å². The standard InChI is InChI=1S/C28H20ClN3O2/c1-34-23-9-5-3-7-21(23)25-26(27(33)19-10-13-20(29)14-11-19)32-22-8-4-2-6-18(22)12-15-24(32)28(25,16-30)17-31/h2-15,24-26H,1H3/t24-,25-,26+/m1/s1. The number of nitriles is 2. The van der Waals surface area contributed by atoms with Gasteiger partial charge in [-0.1, -0.05) is 60.2 Å². The summed E-state index contributed by atoms with van der Waals surface area (Å²) in [5.41, 5.74) is 1.34. The highest BCUT2D eigenvalue weighted by molar-refractivity contribution is 6.30. The van der Waals surface area contributed by atoms with Crippen molar-refractivity contribution in [3.8, 4) is 17.9 Å². The number of carbonyl (C=O) groups excluding carboxylic acids is 1. The van der Waals surface area contributed by atoms with E-state index in [4.69, 9.17) is 16.3 Å². The Morgan fingerprint density at radius 3 is 2.38 bits per heavy atom. The maximum Gasteiger partial charge on any atom is 0.185 e. The van der Waals surface area contributed by atoms with Crippen molar-refractivity contribution >= 4 is 29.1 Å². The molecule has 1 fully saturated rings. The van der Waals surface area contributed by atoms with E-state index in [2.05, 4.69) is 12.1 Å². The summed E-state index contributed by atoms with van der Waals surface area (Å²) in [5.74, 6) is -0.411. The predicted molar refractivity (Wildman–Crippen MR) is 131 cm³/mol. The number of anilines is 1. The van der Waals surface area contributed by atoms with Gasteiger partial charge in [0.1, 0.15) is 11.8 Å². The van der Waals surface area contributed by atoms with E-state index in [1.807, 2.05) is 59.5 Å². The van der Waals surface area contributed by atoms with E-state index in [1.165, 1.54) is 0 Å². The second kappa shape index (κ2) is 8.37. The van der Waals surface area contributed by atoms with Crippen molar-refractivity contribution in [2.24, 2.45) is 5.41 Å². The van der Waals surface area contributed by atoms with E-state index >= 15 is 0 Å². The molecule has 0 aliphatic carbocycles. The molecule has 0 amide bonds. The molecule has 3 aromatic rings. The number of ketones is 1. The molecule has 0 spiro atoms. The molecule has 0 aromatic heterocycles. The van der Waals surface area contributed by atoms with Crippen LogP contribution in [0.2, 0.25) is 5.02 Å². The fourth-order valence-electron chi connectivity index (χ4n) is 5.29. The molecule has 5 nitrogen and oxygen atoms in total. The second-order valence-electron chi connectivity index (χ2n) is 8.40. The first kappa shape index (κ1) is 21.8. The minimum atomic E-state index is -1.52. The minimum Gasteiger partial charge on any atom is -0.496 e. The first-order chi connectivity index (χ1) is 16.6. The Kier molecular flexibility index (Phi) is 5.36. The molecule has 0 bridgehead atoms. The van der Waals surface area contributed by atoms with Crippen molar-refractivity contribution in [3.63, 3.8) is 0 Å². The van der Waals surface area contributed by atoms with E-state index in [1.54, 1.807) is 37.4 Å². The molecular formula is C28H20ClN3O2. The van der Waals surface area contributed by atoms with Crippen LogP contribution in [0.25, 0.3) is 6.08 Å². The summed E-state index contributed by atoms with van der Waals surface area (Å²) < 4.78 is 5.63. The van der Waals surface area contributed by atoms with Gasteiger partial charge in [0.15, 0.2) is 11.2 Å². The molecule has 0 saturated carbocycles. The van der Waals surface area contributed by atoms with Crippen LogP contribution in [0.3, 0.4) is 0 Å². The van der Waals surface area contributed by atoms with Crippen molar-refractivity contribution in [2.75, 3.05) is 12.0 Å². The van der Waals surface area contributed by atoms with Gasteiger partial charge in [-0.25, -0.2) is 0 Å². The number of Topliss-reactive ketones (excluding diaryl/α,β-unsaturated/α-hetero) is 1. The number of hydrogen-bond donors (Lipinski definition) is 0. The third-order valence-corrected chi connectivity index (χ3v) is 7.04. The summed E-state index contributed by atoms with van der Waals surface area (Å²) in [6.07, 6.45) is 3.79. The van der Waals surface area contributed by atoms with Gasteiger partial charge in [0.05, 0.1) is 25.3 Å². The molecule has 3 atom stereocenters. The first-order valence-corrected chi connectivity index (χ1v) is 11.2. The van der Waals surface area contributed by atoms with Gasteiger partial charge in [0, 0.05) is 27.8 Å². The van der Waals surface area contributed by atoms with E-state index in [-0.39, 0.29) is 5.78 Å². The summed E-state index contributed by atoms with van der Waals surface area (Å²) in [4.78, 5) is 16.1. The Bertz CT molecular complexity index is 1370. The lowest BCUT2D eigenvalue weighted by Gasteiger charge is -2.35. The summed E-state index contributed by atoms with van der Waals surface area (Å²) >= 11 is 6.07. The van der Waals surface area contributed by atoms with Gasteiger partial charge in [-0.15, -0.1) is 0 Å². The lowest BCUT2D eigenvalue weighted by molar-refractivity contribution is 0.0950. The minimum absolute atomic E-state index is 0.185. The lowest BCUT2D eigenvalue weighted by atomic mass is 9.69. The first-order valence-electron chi connectivity index (χ1n) is 10.9. The average molecular weight is 466 g/mol. The van der Waals surface area contributed by atoms with Gasteiger partial charge in [-0.3, -0.25) is 4.79 Å². The molecule has 0 N–H and O–H groups in total. The maximum absolute atomic E-state index is 14.2. The number of rotatable bonds is 4. The van der Waals surface area contributed by atoms with Crippen LogP contribution in [0.15, 0.2) is 78.9 Å². The van der Waals surface area contributed by atoms with E-state index in [9.17, 15) is 15.3 Å². The Morgan fingerprint density at radius 2 is 1.68 bits per heavy atom. The summed E-state index contributed by atoms with van der Waals surface area (Å²) in [6.45, 7) is 0. The van der Waals surface area contributed by atoms with E-state index < -0.39 is 23.4 Å². The molecule has 0 radical (unpaired) electrons. The van der Waals surface area contributed by atoms with Gasteiger partial charge >= 0.3 is 0 Å². The lowest BCUT2D eigenvalue weighted by Crippen LogP contribution is -2.44. The zero-order chi connectivity index (χ0) is 23.9. The van der Waals surface area contributed by atoms with E-state index in [0.717, 1.165) is 11.3 Å². The van der Waals surface area contributed by atoms with Gasteiger partial charge < -0.3 is 9.64 Å². The topological polar surface area (TPSA) is 77.1 Å². The predicted octanol–water partition coefficient (Wildman–Crippen LogP) is 5.63. The van der Waals surface area contributed by atoms with Crippen LogP contribution in [-0.2, 0) is 0 Å². The van der Waals surface area contributed by atoms with Crippen LogP contribution in [0.1, 0.15) is 27.4 Å². The molecule has 2 heterocycles. The van der Waals surface area contributed by atoms with Crippen molar-refractivity contribution in [3.05, 3.63) is 101 Å². The monoisotopic (exact) mass is 465 g/mol. The van der Waals surface area contributed by atoms with Crippen molar-refractivity contribution in [2.45, 2.75) is 18.0 Å². The number of hydrogen-bond acceptors (Lipinski definition) is 5. The highest BCUT2D eigenvalue weighted by Crippen LogP contribution is 2.56. The number of ether oxygens (including phenoxy) is 1. The zero-order valence-corrected chi connectivity index (χ0v) is 19.1. The summed E-state index contributed by atoms with van der Waals surface area (Å²) in [6, 6.07) is 24.9. The Hall–Kier alpha value is -4.06. The van der Waals surface area contributed by atoms with Crippen LogP contribution in [0.5, 0.6) is 5.75 Å². The molecule has 6 heteroatoms. The van der Waals surface area contributed by atoms with Gasteiger partial charge in [-0.05, 0) is 42.0 Å². The molecule has 166 valence electrons. The maximum atomic E-state index is 14.2. The summed E-state index contributed by atoms with van der Waals surface area (Å²) in [5, 5.41) is 21.5. The fraction of sp³-hybridized carbons (Fsp3) is 0.179. The van der Waals surface area contributed by atoms with Crippen LogP contribution in [0.4, 0.5) is 5.69 Å². The highest BCUT2D eigenvalue weighted by atomic mass is 35.5. The Labute approximate surface area is 203 Å². The number of fused-ring (bicyclic) bond motifs is 3. The molecule has 0 unspecified atom stereocenters. The average Bonchev–Trinajstić information content (AvgIpc) is 3.19. The number of benzene rings is 3. The SMILES string of the molecule is COc1ccccc1[C@@H]1[C@@H](C(=O)c2ccc(Cl)cc2)N2c3ccccc3C=C[C@@H]2C1(C#N)C#N. The van der Waals surface area contributed by atoms with Gasteiger partial charge in [-0.2, -0.15) is 10.5 Å². The molecule has 2 aliphatic rings. The second-order valence-corrected chi connectivity index (χ2v) is 8.83. The number of carbonyl (C=O) groups is 1. The van der Waals surface area contributed by atoms with Crippen molar-refractivity contribution in [1.82, 2.24) is 0 Å². The number of nitrogens with zero attached hydrogens (tertiary/aromatic N) is 3. The molecule has 3 aromatic carbocycles. The Morgan fingerprint density at radius 1 is 1.00 bits per heavy atom. The normalized spacial score (nSPS) is 21.6. The van der Waals surface area contributed by atoms with Crippen LogP contribution in [0, 0.1) is 28.1 Å². The third kappa shape index (κ3) is 3.10. The number of methoxy groups -OCH3 is 1. The van der Waals surface area contributed by atoms with Crippen molar-refractivity contribution in [1.29, 1.82) is 10.5 Å². The van der Waals surface area contributed by atoms with E-state index in [0.29, 0.717) is 21.9 Å².